The first-order valence-corrected chi connectivity index (χ1v) is 4.08. The maximum atomic E-state index is 5.53. The van der Waals surface area contributed by atoms with Crippen molar-refractivity contribution in [2.75, 3.05) is 0 Å². The lowest BCUT2D eigenvalue weighted by Gasteiger charge is -1.98. The third-order valence-electron chi connectivity index (χ3n) is 1.88. The normalized spacial score (nSPS) is 10.2. The second kappa shape index (κ2) is 3.41. The van der Waals surface area contributed by atoms with Crippen LogP contribution >= 0.6 is 0 Å². The monoisotopic (exact) mass is 174 g/mol. The Morgan fingerprint density at radius 2 is 2.31 bits per heavy atom. The molecular formula is C10H10N2O. The van der Waals surface area contributed by atoms with Crippen molar-refractivity contribution in [1.29, 1.82) is 0 Å². The van der Waals surface area contributed by atoms with Crippen molar-refractivity contribution in [1.82, 2.24) is 4.98 Å². The molecule has 2 rings (SSSR count). The molecule has 3 heteroatoms. The fourth-order valence-corrected chi connectivity index (χ4v) is 1.21. The highest BCUT2D eigenvalue weighted by molar-refractivity contribution is 5.56. The molecule has 0 aliphatic heterocycles. The third-order valence-corrected chi connectivity index (χ3v) is 1.88. The third kappa shape index (κ3) is 1.60. The van der Waals surface area contributed by atoms with Gasteiger partial charge in [0.25, 0.3) is 0 Å². The Labute approximate surface area is 76.2 Å². The summed E-state index contributed by atoms with van der Waals surface area (Å²) in [4.78, 5) is 3.86. The molecular weight excluding hydrogens is 164 g/mol. The van der Waals surface area contributed by atoms with Gasteiger partial charge < -0.3 is 10.2 Å². The Morgan fingerprint density at radius 3 is 3.00 bits per heavy atom. The number of nitrogens with zero attached hydrogens (tertiary/aromatic N) is 1. The lowest BCUT2D eigenvalue weighted by atomic mass is 10.1. The molecule has 1 aromatic heterocycles. The molecule has 0 unspecified atom stereocenters. The van der Waals surface area contributed by atoms with E-state index in [1.54, 1.807) is 6.20 Å². The number of hydrogen-bond acceptors (Lipinski definition) is 3. The zero-order valence-electron chi connectivity index (χ0n) is 7.10. The number of hydrogen-bond donors (Lipinski definition) is 1. The first-order valence-electron chi connectivity index (χ1n) is 4.08. The molecule has 0 fully saturated rings. The Bertz CT molecular complexity index is 382. The van der Waals surface area contributed by atoms with E-state index in [0.29, 0.717) is 6.54 Å². The average Bonchev–Trinajstić information content (AvgIpc) is 2.71. The van der Waals surface area contributed by atoms with Crippen molar-refractivity contribution in [3.8, 4) is 11.3 Å². The first-order chi connectivity index (χ1) is 6.40. The maximum absolute atomic E-state index is 5.53. The highest BCUT2D eigenvalue weighted by Crippen LogP contribution is 2.19. The second-order valence-corrected chi connectivity index (χ2v) is 2.77. The van der Waals surface area contributed by atoms with Gasteiger partial charge in [-0.3, -0.25) is 0 Å². The van der Waals surface area contributed by atoms with Gasteiger partial charge in [0.05, 0.1) is 6.20 Å². The summed E-state index contributed by atoms with van der Waals surface area (Å²) in [5, 5.41) is 0. The van der Waals surface area contributed by atoms with Gasteiger partial charge in [-0.05, 0) is 11.6 Å². The van der Waals surface area contributed by atoms with E-state index in [4.69, 9.17) is 10.2 Å². The predicted molar refractivity (Wildman–Crippen MR) is 49.8 cm³/mol. The number of rotatable bonds is 2. The molecule has 66 valence electrons. The van der Waals surface area contributed by atoms with Gasteiger partial charge in [-0.2, -0.15) is 0 Å². The van der Waals surface area contributed by atoms with Crippen LogP contribution in [0.1, 0.15) is 5.56 Å². The fourth-order valence-electron chi connectivity index (χ4n) is 1.21. The van der Waals surface area contributed by atoms with Crippen LogP contribution in [-0.2, 0) is 6.54 Å². The van der Waals surface area contributed by atoms with Crippen molar-refractivity contribution >= 4 is 0 Å². The summed E-state index contributed by atoms with van der Waals surface area (Å²) in [6.45, 7) is 0.544. The van der Waals surface area contributed by atoms with Crippen molar-refractivity contribution in [3.05, 3.63) is 42.4 Å². The molecule has 0 saturated heterocycles. The molecule has 0 radical (unpaired) electrons. The van der Waals surface area contributed by atoms with Gasteiger partial charge in [0.2, 0.25) is 0 Å². The minimum Gasteiger partial charge on any atom is -0.444 e. The van der Waals surface area contributed by atoms with Crippen molar-refractivity contribution in [3.63, 3.8) is 0 Å². The summed E-state index contributed by atoms with van der Waals surface area (Å²) in [5.41, 5.74) is 7.63. The largest absolute Gasteiger partial charge is 0.444 e. The molecule has 1 aromatic carbocycles. The van der Waals surface area contributed by atoms with Crippen molar-refractivity contribution in [2.24, 2.45) is 5.73 Å². The molecule has 0 spiro atoms. The quantitative estimate of drug-likeness (QED) is 0.755. The molecule has 2 aromatic rings. The molecule has 2 N–H and O–H groups in total. The van der Waals surface area contributed by atoms with E-state index in [0.717, 1.165) is 16.9 Å². The topological polar surface area (TPSA) is 52.0 Å². The van der Waals surface area contributed by atoms with E-state index in [2.05, 4.69) is 4.98 Å². The smallest absolute Gasteiger partial charge is 0.181 e. The molecule has 0 aliphatic rings. The molecule has 0 amide bonds. The van der Waals surface area contributed by atoms with Crippen LogP contribution in [0.2, 0.25) is 0 Å². The zero-order valence-corrected chi connectivity index (χ0v) is 7.10. The molecule has 13 heavy (non-hydrogen) atoms. The zero-order chi connectivity index (χ0) is 9.10. The highest BCUT2D eigenvalue weighted by atomic mass is 16.3. The highest BCUT2D eigenvalue weighted by Gasteiger charge is 2.00. The molecule has 0 atom stereocenters. The van der Waals surface area contributed by atoms with Crippen LogP contribution < -0.4 is 5.73 Å². The summed E-state index contributed by atoms with van der Waals surface area (Å²) >= 11 is 0. The van der Waals surface area contributed by atoms with Crippen LogP contribution in [0.15, 0.2) is 41.3 Å². The number of aromatic nitrogens is 1. The van der Waals surface area contributed by atoms with Crippen LogP contribution in [-0.4, -0.2) is 4.98 Å². The summed E-state index contributed by atoms with van der Waals surface area (Å²) in [6.07, 6.45) is 3.11. The van der Waals surface area contributed by atoms with Crippen molar-refractivity contribution < 1.29 is 4.42 Å². The lowest BCUT2D eigenvalue weighted by Crippen LogP contribution is -1.95. The second-order valence-electron chi connectivity index (χ2n) is 2.77. The average molecular weight is 174 g/mol. The standard InChI is InChI=1S/C10H10N2O/c11-5-8-2-1-3-9(4-8)10-6-12-7-13-10/h1-4,6-7H,5,11H2. The van der Waals surface area contributed by atoms with Gasteiger partial charge in [-0.1, -0.05) is 18.2 Å². The summed E-state index contributed by atoms with van der Waals surface area (Å²) in [6, 6.07) is 7.92. The SMILES string of the molecule is NCc1cccc(-c2cnco2)c1. The van der Waals surface area contributed by atoms with E-state index in [1.165, 1.54) is 6.39 Å². The minimum absolute atomic E-state index is 0.544. The van der Waals surface area contributed by atoms with E-state index in [-0.39, 0.29) is 0 Å². The van der Waals surface area contributed by atoms with Crippen molar-refractivity contribution in [2.45, 2.75) is 6.54 Å². The Kier molecular flexibility index (Phi) is 2.10. The minimum atomic E-state index is 0.544. The van der Waals surface area contributed by atoms with E-state index >= 15 is 0 Å². The summed E-state index contributed by atoms with van der Waals surface area (Å²) in [7, 11) is 0. The summed E-state index contributed by atoms with van der Waals surface area (Å²) in [5.74, 6) is 0.773. The Balaban J connectivity index is 2.41. The van der Waals surface area contributed by atoms with Gasteiger partial charge in [0.1, 0.15) is 0 Å². The van der Waals surface area contributed by atoms with Crippen LogP contribution in [0, 0.1) is 0 Å². The van der Waals surface area contributed by atoms with E-state index in [9.17, 15) is 0 Å². The Morgan fingerprint density at radius 1 is 1.38 bits per heavy atom. The molecule has 1 heterocycles. The molecule has 0 aliphatic carbocycles. The molecule has 0 bridgehead atoms. The van der Waals surface area contributed by atoms with Gasteiger partial charge in [0, 0.05) is 12.1 Å². The van der Waals surface area contributed by atoms with E-state index in [1.807, 2.05) is 24.3 Å². The number of oxazole rings is 1. The fraction of sp³-hybridized carbons (Fsp3) is 0.100. The van der Waals surface area contributed by atoms with Crippen LogP contribution in [0.3, 0.4) is 0 Å². The van der Waals surface area contributed by atoms with Crippen LogP contribution in [0.25, 0.3) is 11.3 Å². The van der Waals surface area contributed by atoms with Gasteiger partial charge >= 0.3 is 0 Å². The molecule has 3 nitrogen and oxygen atoms in total. The molecule has 0 saturated carbocycles. The Hall–Kier alpha value is -1.61. The number of nitrogens with two attached hydrogens (primary N) is 1. The number of benzene rings is 1. The van der Waals surface area contributed by atoms with Gasteiger partial charge in [-0.25, -0.2) is 4.98 Å². The van der Waals surface area contributed by atoms with Gasteiger partial charge in [-0.15, -0.1) is 0 Å². The summed E-state index contributed by atoms with van der Waals surface area (Å²) < 4.78 is 5.17. The first kappa shape index (κ1) is 8.01. The maximum Gasteiger partial charge on any atom is 0.181 e. The van der Waals surface area contributed by atoms with E-state index < -0.39 is 0 Å². The van der Waals surface area contributed by atoms with Crippen LogP contribution in [0.5, 0.6) is 0 Å². The predicted octanol–water partition coefficient (Wildman–Crippen LogP) is 1.80. The van der Waals surface area contributed by atoms with Crippen LogP contribution in [0.4, 0.5) is 0 Å². The lowest BCUT2D eigenvalue weighted by molar-refractivity contribution is 0.572. The van der Waals surface area contributed by atoms with Gasteiger partial charge in [0.15, 0.2) is 12.2 Å².